The van der Waals surface area contributed by atoms with Crippen molar-refractivity contribution in [2.24, 2.45) is 0 Å². The molecule has 0 bridgehead atoms. The van der Waals surface area contributed by atoms with Crippen molar-refractivity contribution in [3.8, 4) is 17.2 Å². The molecular weight excluding hydrogens is 650 g/mol. The molecule has 0 unspecified atom stereocenters. The third-order valence-corrected chi connectivity index (χ3v) is 10.3. The lowest BCUT2D eigenvalue weighted by Gasteiger charge is -2.27. The molecule has 0 N–H and O–H groups in total. The summed E-state index contributed by atoms with van der Waals surface area (Å²) in [5.41, 5.74) is 0.601. The Labute approximate surface area is 322 Å². The summed E-state index contributed by atoms with van der Waals surface area (Å²) in [7, 11) is 4.71. The van der Waals surface area contributed by atoms with Gasteiger partial charge in [-0.2, -0.15) is 0 Å². The lowest BCUT2D eigenvalue weighted by molar-refractivity contribution is -0.484. The van der Waals surface area contributed by atoms with Crippen molar-refractivity contribution in [2.75, 3.05) is 41.2 Å². The summed E-state index contributed by atoms with van der Waals surface area (Å²) >= 11 is 0. The number of benzene rings is 1. The molecule has 1 rings (SSSR count). The molecule has 0 atom stereocenters. The highest BCUT2D eigenvalue weighted by atomic mass is 17.2. The van der Waals surface area contributed by atoms with Crippen LogP contribution in [0.3, 0.4) is 0 Å². The van der Waals surface area contributed by atoms with Crippen molar-refractivity contribution >= 4 is 5.69 Å². The molecule has 306 valence electrons. The molecule has 0 aliphatic rings. The molecule has 0 saturated carbocycles. The van der Waals surface area contributed by atoms with E-state index in [-0.39, 0.29) is 0 Å². The molecule has 1 aromatic rings. The number of nitrogens with zero attached hydrogens (tertiary/aromatic N) is 1. The first-order valence-corrected chi connectivity index (χ1v) is 22.3. The van der Waals surface area contributed by atoms with Crippen molar-refractivity contribution in [2.45, 2.75) is 213 Å². The largest absolute Gasteiger partial charge is 0.490 e. The second-order valence-electron chi connectivity index (χ2n) is 14.9. The number of hydrogen-bond donors (Lipinski definition) is 0. The number of hydrogen-bond acceptors (Lipinski definition) is 6. The minimum Gasteiger partial charge on any atom is -0.490 e. The van der Waals surface area contributed by atoms with Crippen molar-refractivity contribution in [3.63, 3.8) is 0 Å². The molecule has 52 heavy (non-hydrogen) atoms. The van der Waals surface area contributed by atoms with E-state index in [1.807, 2.05) is 12.1 Å². The van der Waals surface area contributed by atoms with Crippen LogP contribution >= 0.6 is 0 Å². The van der Waals surface area contributed by atoms with Crippen LogP contribution in [0.5, 0.6) is 17.2 Å². The van der Waals surface area contributed by atoms with Crippen LogP contribution in [0.2, 0.25) is 0 Å². The Morgan fingerprint density at radius 1 is 0.346 bits per heavy atom. The Morgan fingerprint density at radius 3 is 0.962 bits per heavy atom. The first-order valence-electron chi connectivity index (χ1n) is 22.3. The van der Waals surface area contributed by atoms with Gasteiger partial charge in [0, 0.05) is 6.07 Å². The van der Waals surface area contributed by atoms with Crippen LogP contribution in [-0.2, 0) is 14.5 Å². The van der Waals surface area contributed by atoms with Gasteiger partial charge in [0.25, 0.3) is 5.69 Å². The molecule has 7 heteroatoms. The predicted octanol–water partition coefficient (Wildman–Crippen LogP) is 14.6. The summed E-state index contributed by atoms with van der Waals surface area (Å²) in [5.74, 6) is 1.92. The normalized spacial score (nSPS) is 11.7. The first kappa shape index (κ1) is 48.5. The minimum atomic E-state index is -0.597. The van der Waals surface area contributed by atoms with E-state index in [1.54, 1.807) is 21.3 Å². The maximum absolute atomic E-state index is 6.59. The molecule has 0 spiro atoms. The summed E-state index contributed by atoms with van der Waals surface area (Å²) in [6.45, 7) is 8.68. The van der Waals surface area contributed by atoms with Crippen LogP contribution in [-0.4, -0.2) is 41.2 Å². The molecule has 0 aliphatic carbocycles. The molecule has 0 radical (unpaired) electrons. The summed E-state index contributed by atoms with van der Waals surface area (Å²) in [4.78, 5) is 16.7. The maximum atomic E-state index is 6.59. The van der Waals surface area contributed by atoms with Crippen molar-refractivity contribution in [1.29, 1.82) is 0 Å². The van der Waals surface area contributed by atoms with Gasteiger partial charge in [-0.05, 0) is 25.3 Å². The van der Waals surface area contributed by atoms with Crippen molar-refractivity contribution in [3.05, 3.63) is 12.1 Å². The van der Waals surface area contributed by atoms with Crippen LogP contribution < -0.4 is 19.2 Å². The summed E-state index contributed by atoms with van der Waals surface area (Å²) in [5, 5.41) is 0. The molecular formula is C45H86NO6+. The van der Waals surface area contributed by atoms with Crippen LogP contribution in [0.25, 0.3) is 0 Å². The van der Waals surface area contributed by atoms with Gasteiger partial charge in [-0.15, -0.1) is 14.5 Å². The second kappa shape index (κ2) is 35.2. The Hall–Kier alpha value is -1.54. The fourth-order valence-electron chi connectivity index (χ4n) is 6.96. The van der Waals surface area contributed by atoms with E-state index < -0.39 is 4.97 Å². The van der Waals surface area contributed by atoms with Crippen molar-refractivity contribution < 1.29 is 28.7 Å². The van der Waals surface area contributed by atoms with Crippen LogP contribution in [0, 0.1) is 0 Å². The summed E-state index contributed by atoms with van der Waals surface area (Å²) in [6, 6.07) is 3.88. The van der Waals surface area contributed by atoms with E-state index in [4.69, 9.17) is 28.7 Å². The van der Waals surface area contributed by atoms with Crippen LogP contribution in [0.15, 0.2) is 12.1 Å². The van der Waals surface area contributed by atoms with E-state index in [0.29, 0.717) is 42.8 Å². The predicted molar refractivity (Wildman–Crippen MR) is 221 cm³/mol. The van der Waals surface area contributed by atoms with Gasteiger partial charge < -0.3 is 14.2 Å². The number of unbranched alkanes of at least 4 members (excludes halogenated alkanes) is 27. The Bertz CT molecular complexity index is 900. The standard InChI is InChI=1S/C45H86NO6/c1-7-10-13-16-19-22-25-28-31-34-39-50-43-38-37-42(46(47-4,48-5)49-6)44(51-40-35-32-29-26-23-20-17-14-11-8-2)45(43)52-41-36-33-30-27-24-21-18-15-12-9-3/h37-38H,7-36,39-41H2,1-6H3/q+1. The van der Waals surface area contributed by atoms with E-state index in [1.165, 1.54) is 161 Å². The first-order chi connectivity index (χ1) is 25.6. The van der Waals surface area contributed by atoms with Gasteiger partial charge in [0.2, 0.25) is 11.5 Å². The van der Waals surface area contributed by atoms with Gasteiger partial charge in [0.05, 0.1) is 19.8 Å². The van der Waals surface area contributed by atoms with E-state index in [0.717, 1.165) is 32.1 Å². The molecule has 0 aliphatic heterocycles. The molecule has 7 nitrogen and oxygen atoms in total. The van der Waals surface area contributed by atoms with E-state index in [9.17, 15) is 0 Å². The Balaban J connectivity index is 2.88. The smallest absolute Gasteiger partial charge is 0.283 e. The zero-order valence-corrected chi connectivity index (χ0v) is 35.4. The minimum absolute atomic E-state index is 0.578. The highest BCUT2D eigenvalue weighted by Gasteiger charge is 2.41. The van der Waals surface area contributed by atoms with Crippen LogP contribution in [0.1, 0.15) is 213 Å². The fourth-order valence-corrected chi connectivity index (χ4v) is 6.96. The maximum Gasteiger partial charge on any atom is 0.283 e. The zero-order valence-electron chi connectivity index (χ0n) is 35.4. The molecule has 1 aromatic carbocycles. The molecule has 0 amide bonds. The van der Waals surface area contributed by atoms with E-state index in [2.05, 4.69) is 20.8 Å². The van der Waals surface area contributed by atoms with Crippen LogP contribution in [0.4, 0.5) is 5.69 Å². The average molecular weight is 737 g/mol. The monoisotopic (exact) mass is 737 g/mol. The summed E-state index contributed by atoms with van der Waals surface area (Å²) < 4.78 is 19.6. The Morgan fingerprint density at radius 2 is 0.635 bits per heavy atom. The van der Waals surface area contributed by atoms with Gasteiger partial charge in [-0.25, -0.2) is 0 Å². The number of ether oxygens (including phenoxy) is 3. The third-order valence-electron chi connectivity index (χ3n) is 10.3. The molecule has 0 saturated heterocycles. The lowest BCUT2D eigenvalue weighted by atomic mass is 10.1. The Kier molecular flexibility index (Phi) is 32.8. The van der Waals surface area contributed by atoms with E-state index >= 15 is 0 Å². The summed E-state index contributed by atoms with van der Waals surface area (Å²) in [6.07, 6.45) is 38.6. The number of quaternary nitrogens is 1. The van der Waals surface area contributed by atoms with Gasteiger partial charge in [-0.1, -0.05) is 194 Å². The highest BCUT2D eigenvalue weighted by Crippen LogP contribution is 2.47. The van der Waals surface area contributed by atoms with Gasteiger partial charge in [-0.3, -0.25) is 0 Å². The average Bonchev–Trinajstić information content (AvgIpc) is 3.16. The lowest BCUT2D eigenvalue weighted by Crippen LogP contribution is -2.46. The molecule has 0 heterocycles. The third kappa shape index (κ3) is 22.6. The topological polar surface area (TPSA) is 55.4 Å². The van der Waals surface area contributed by atoms with Gasteiger partial charge in [0.15, 0.2) is 5.75 Å². The highest BCUT2D eigenvalue weighted by molar-refractivity contribution is 5.66. The van der Waals surface area contributed by atoms with Crippen molar-refractivity contribution in [1.82, 2.24) is 4.97 Å². The fraction of sp³-hybridized carbons (Fsp3) is 0.867. The zero-order chi connectivity index (χ0) is 37.8. The SMILES string of the molecule is CCCCCCCCCCCCOc1ccc([N+](OC)(OC)OC)c(OCCCCCCCCCCCC)c1OCCCCCCCCCCCC. The number of rotatable bonds is 40. The quantitative estimate of drug-likeness (QED) is 0.0380. The second-order valence-corrected chi connectivity index (χ2v) is 14.9. The van der Waals surface area contributed by atoms with Gasteiger partial charge >= 0.3 is 0 Å². The molecule has 0 fully saturated rings. The molecule has 0 aromatic heterocycles. The van der Waals surface area contributed by atoms with Gasteiger partial charge in [0.1, 0.15) is 26.3 Å².